The summed E-state index contributed by atoms with van der Waals surface area (Å²) in [5, 5.41) is 20.8. The summed E-state index contributed by atoms with van der Waals surface area (Å²) in [7, 11) is 0. The molecular weight excluding hydrogens is 320 g/mol. The maximum atomic E-state index is 10.6. The van der Waals surface area contributed by atoms with Gasteiger partial charge < -0.3 is 10.2 Å². The van der Waals surface area contributed by atoms with E-state index in [1.54, 1.807) is 0 Å². The highest BCUT2D eigenvalue weighted by Gasteiger charge is 2.29. The van der Waals surface area contributed by atoms with Gasteiger partial charge in [-0.25, -0.2) is 0 Å². The Bertz CT molecular complexity index is 673. The van der Waals surface area contributed by atoms with Crippen molar-refractivity contribution in [3.63, 3.8) is 0 Å². The minimum Gasteiger partial charge on any atom is -0.392 e. The van der Waals surface area contributed by atoms with Crippen LogP contribution in [-0.4, -0.2) is 16.3 Å². The van der Waals surface area contributed by atoms with Crippen LogP contribution in [0.15, 0.2) is 48.5 Å². The van der Waals surface area contributed by atoms with Crippen molar-refractivity contribution in [2.75, 3.05) is 0 Å². The van der Waals surface area contributed by atoms with Crippen LogP contribution in [0.4, 0.5) is 0 Å². The lowest BCUT2D eigenvalue weighted by molar-refractivity contribution is 0.0890. The molecule has 0 heterocycles. The molecule has 0 aliphatic heterocycles. The highest BCUT2D eigenvalue weighted by atomic mass is 16.3. The molecule has 0 aromatic heterocycles. The van der Waals surface area contributed by atoms with Crippen LogP contribution in [0.5, 0.6) is 0 Å². The third-order valence-corrected chi connectivity index (χ3v) is 5.46. The Morgan fingerprint density at radius 1 is 0.846 bits per heavy atom. The molecule has 0 saturated carbocycles. The summed E-state index contributed by atoms with van der Waals surface area (Å²) < 4.78 is 0. The molecule has 0 radical (unpaired) electrons. The van der Waals surface area contributed by atoms with Gasteiger partial charge in [0.1, 0.15) is 0 Å². The van der Waals surface area contributed by atoms with E-state index in [0.29, 0.717) is 0 Å². The van der Waals surface area contributed by atoms with Crippen LogP contribution in [0.2, 0.25) is 0 Å². The molecule has 0 spiro atoms. The van der Waals surface area contributed by atoms with E-state index < -0.39 is 0 Å². The van der Waals surface area contributed by atoms with E-state index in [2.05, 4.69) is 64.1 Å². The number of benzene rings is 2. The average molecular weight is 355 g/mol. The van der Waals surface area contributed by atoms with Gasteiger partial charge in [0.15, 0.2) is 0 Å². The molecule has 2 rings (SSSR count). The molecule has 2 aromatic carbocycles. The standard InChI is InChI=1S/C24H34O2/c1-5-7-12-23(26)24(3,4)21-11-8-10-20(17-21)18-13-15-19(16-14-18)22(25)9-6-2/h8,10-11,13-17,22-23,25-26H,5-7,9,12H2,1-4H3. The van der Waals surface area contributed by atoms with E-state index in [0.717, 1.165) is 54.4 Å². The van der Waals surface area contributed by atoms with E-state index >= 15 is 0 Å². The van der Waals surface area contributed by atoms with Crippen molar-refractivity contribution < 1.29 is 10.2 Å². The Balaban J connectivity index is 2.23. The second-order valence-electron chi connectivity index (χ2n) is 7.89. The molecule has 2 N–H and O–H groups in total. The molecule has 26 heavy (non-hydrogen) atoms. The maximum absolute atomic E-state index is 10.6. The second-order valence-corrected chi connectivity index (χ2v) is 7.89. The summed E-state index contributed by atoms with van der Waals surface area (Å²) in [5.74, 6) is 0. The van der Waals surface area contributed by atoms with Gasteiger partial charge in [0, 0.05) is 5.41 Å². The van der Waals surface area contributed by atoms with E-state index in [1.165, 1.54) is 0 Å². The molecule has 0 aliphatic rings. The molecule has 2 unspecified atom stereocenters. The van der Waals surface area contributed by atoms with Gasteiger partial charge in [0.2, 0.25) is 0 Å². The van der Waals surface area contributed by atoms with Gasteiger partial charge in [-0.1, -0.05) is 95.5 Å². The van der Waals surface area contributed by atoms with Gasteiger partial charge in [-0.05, 0) is 35.1 Å². The van der Waals surface area contributed by atoms with Crippen molar-refractivity contribution in [3.8, 4) is 11.1 Å². The smallest absolute Gasteiger partial charge is 0.0790 e. The highest BCUT2D eigenvalue weighted by Crippen LogP contribution is 2.33. The lowest BCUT2D eigenvalue weighted by atomic mass is 9.77. The van der Waals surface area contributed by atoms with Crippen molar-refractivity contribution in [1.82, 2.24) is 0 Å². The topological polar surface area (TPSA) is 40.5 Å². The molecule has 2 heteroatoms. The summed E-state index contributed by atoms with van der Waals surface area (Å²) in [5.41, 5.74) is 4.14. The zero-order valence-electron chi connectivity index (χ0n) is 16.7. The molecule has 2 atom stereocenters. The largest absolute Gasteiger partial charge is 0.392 e. The lowest BCUT2D eigenvalue weighted by Crippen LogP contribution is -2.33. The number of rotatable bonds is 9. The first-order valence-electron chi connectivity index (χ1n) is 9.97. The zero-order chi connectivity index (χ0) is 19.2. The van der Waals surface area contributed by atoms with Gasteiger partial charge in [-0.3, -0.25) is 0 Å². The fraction of sp³-hybridized carbons (Fsp3) is 0.500. The molecule has 0 fully saturated rings. The summed E-state index contributed by atoms with van der Waals surface area (Å²) in [6.07, 6.45) is 4.02. The van der Waals surface area contributed by atoms with Crippen molar-refractivity contribution in [3.05, 3.63) is 59.7 Å². The van der Waals surface area contributed by atoms with Gasteiger partial charge in [0.05, 0.1) is 12.2 Å². The number of hydrogen-bond donors (Lipinski definition) is 2. The van der Waals surface area contributed by atoms with Crippen molar-refractivity contribution in [1.29, 1.82) is 0 Å². The van der Waals surface area contributed by atoms with Crippen LogP contribution >= 0.6 is 0 Å². The first-order chi connectivity index (χ1) is 12.4. The van der Waals surface area contributed by atoms with Gasteiger partial charge in [-0.15, -0.1) is 0 Å². The summed E-state index contributed by atoms with van der Waals surface area (Å²) in [6, 6.07) is 16.7. The van der Waals surface area contributed by atoms with Crippen molar-refractivity contribution in [2.24, 2.45) is 0 Å². The molecule has 0 amide bonds. The monoisotopic (exact) mass is 354 g/mol. The number of aliphatic hydroxyl groups is 2. The Kier molecular flexibility index (Phi) is 7.43. The molecule has 142 valence electrons. The minimum atomic E-state index is -0.381. The molecule has 0 aliphatic carbocycles. The van der Waals surface area contributed by atoms with E-state index in [9.17, 15) is 10.2 Å². The summed E-state index contributed by atoms with van der Waals surface area (Å²) >= 11 is 0. The Hall–Kier alpha value is -1.64. The molecule has 2 aromatic rings. The quantitative estimate of drug-likeness (QED) is 0.578. The predicted octanol–water partition coefficient (Wildman–Crippen LogP) is 6.02. The number of unbranched alkanes of at least 4 members (excludes halogenated alkanes) is 1. The van der Waals surface area contributed by atoms with Crippen molar-refractivity contribution in [2.45, 2.75) is 77.4 Å². The van der Waals surface area contributed by atoms with Crippen LogP contribution in [0.1, 0.15) is 77.0 Å². The van der Waals surface area contributed by atoms with E-state index in [1.807, 2.05) is 12.1 Å². The second kappa shape index (κ2) is 9.34. The van der Waals surface area contributed by atoms with E-state index in [4.69, 9.17) is 0 Å². The summed E-state index contributed by atoms with van der Waals surface area (Å²) in [6.45, 7) is 8.48. The van der Waals surface area contributed by atoms with Crippen LogP contribution < -0.4 is 0 Å². The first-order valence-corrected chi connectivity index (χ1v) is 9.97. The minimum absolute atomic E-state index is 0.275. The Morgan fingerprint density at radius 2 is 1.54 bits per heavy atom. The normalized spacial score (nSPS) is 14.2. The van der Waals surface area contributed by atoms with Crippen LogP contribution in [0.25, 0.3) is 11.1 Å². The van der Waals surface area contributed by atoms with Gasteiger partial charge >= 0.3 is 0 Å². The molecule has 0 bridgehead atoms. The van der Waals surface area contributed by atoms with Crippen LogP contribution in [0, 0.1) is 0 Å². The van der Waals surface area contributed by atoms with E-state index in [-0.39, 0.29) is 17.6 Å². The van der Waals surface area contributed by atoms with Crippen LogP contribution in [0.3, 0.4) is 0 Å². The van der Waals surface area contributed by atoms with Crippen molar-refractivity contribution >= 4 is 0 Å². The first kappa shape index (κ1) is 20.7. The van der Waals surface area contributed by atoms with Gasteiger partial charge in [-0.2, -0.15) is 0 Å². The number of hydrogen-bond acceptors (Lipinski definition) is 2. The molecule has 0 saturated heterocycles. The third kappa shape index (κ3) is 4.96. The molecular formula is C24H34O2. The predicted molar refractivity (Wildman–Crippen MR) is 110 cm³/mol. The third-order valence-electron chi connectivity index (χ3n) is 5.46. The zero-order valence-corrected chi connectivity index (χ0v) is 16.7. The maximum Gasteiger partial charge on any atom is 0.0790 e. The Morgan fingerprint density at radius 3 is 2.15 bits per heavy atom. The summed E-state index contributed by atoms with van der Waals surface area (Å²) in [4.78, 5) is 0. The van der Waals surface area contributed by atoms with Gasteiger partial charge in [0.25, 0.3) is 0 Å². The lowest BCUT2D eigenvalue weighted by Gasteiger charge is -2.31. The highest BCUT2D eigenvalue weighted by molar-refractivity contribution is 5.65. The number of aliphatic hydroxyl groups excluding tert-OH is 2. The van der Waals surface area contributed by atoms with Crippen LogP contribution in [-0.2, 0) is 5.41 Å². The molecule has 2 nitrogen and oxygen atoms in total. The fourth-order valence-corrected chi connectivity index (χ4v) is 3.39. The Labute approximate surface area is 158 Å². The average Bonchev–Trinajstić information content (AvgIpc) is 2.66. The SMILES string of the molecule is CCCCC(O)C(C)(C)c1cccc(-c2ccc(C(O)CCC)cc2)c1. The fourth-order valence-electron chi connectivity index (χ4n) is 3.39.